The predicted molar refractivity (Wildman–Crippen MR) is 82.4 cm³/mol. The van der Waals surface area contributed by atoms with Crippen LogP contribution in [0, 0.1) is 17.0 Å². The fourth-order valence-electron chi connectivity index (χ4n) is 1.54. The molecule has 0 aromatic heterocycles. The topological polar surface area (TPSA) is 98.3 Å². The SMILES string of the molecule is CSCC[C@H](N)C(=O)Nc1cc(Cl)c([N+](=O)[O-])cc1C. The average Bonchev–Trinajstić information content (AvgIpc) is 2.39. The maximum Gasteiger partial charge on any atom is 0.288 e. The van der Waals surface area contributed by atoms with Crippen molar-refractivity contribution in [3.63, 3.8) is 0 Å². The van der Waals surface area contributed by atoms with E-state index in [0.717, 1.165) is 5.75 Å². The van der Waals surface area contributed by atoms with Crippen LogP contribution in [-0.2, 0) is 4.79 Å². The largest absolute Gasteiger partial charge is 0.324 e. The molecule has 1 rings (SSSR count). The number of nitrogens with zero attached hydrogens (tertiary/aromatic N) is 1. The molecule has 0 aliphatic rings. The summed E-state index contributed by atoms with van der Waals surface area (Å²) in [6, 6.07) is 2.08. The van der Waals surface area contributed by atoms with Gasteiger partial charge in [0.1, 0.15) is 5.02 Å². The Balaban J connectivity index is 2.85. The molecule has 0 heterocycles. The van der Waals surface area contributed by atoms with E-state index in [9.17, 15) is 14.9 Å². The maximum absolute atomic E-state index is 11.9. The zero-order chi connectivity index (χ0) is 15.3. The van der Waals surface area contributed by atoms with Crippen molar-refractivity contribution in [2.75, 3.05) is 17.3 Å². The number of rotatable bonds is 6. The van der Waals surface area contributed by atoms with Gasteiger partial charge in [-0.05, 0) is 37.0 Å². The molecule has 8 heteroatoms. The summed E-state index contributed by atoms with van der Waals surface area (Å²) in [5.74, 6) is 0.460. The van der Waals surface area contributed by atoms with E-state index in [1.807, 2.05) is 6.26 Å². The van der Waals surface area contributed by atoms with Crippen LogP contribution in [-0.4, -0.2) is 28.9 Å². The van der Waals surface area contributed by atoms with Crippen molar-refractivity contribution < 1.29 is 9.72 Å². The minimum Gasteiger partial charge on any atom is -0.324 e. The van der Waals surface area contributed by atoms with Gasteiger partial charge < -0.3 is 11.1 Å². The van der Waals surface area contributed by atoms with Crippen LogP contribution in [0.3, 0.4) is 0 Å². The predicted octanol–water partition coefficient (Wildman–Crippen LogP) is 2.58. The van der Waals surface area contributed by atoms with E-state index >= 15 is 0 Å². The molecule has 0 unspecified atom stereocenters. The second-order valence-corrected chi connectivity index (χ2v) is 5.65. The second-order valence-electron chi connectivity index (χ2n) is 4.25. The van der Waals surface area contributed by atoms with E-state index in [1.165, 1.54) is 12.1 Å². The Labute approximate surface area is 126 Å². The van der Waals surface area contributed by atoms with E-state index in [2.05, 4.69) is 5.32 Å². The van der Waals surface area contributed by atoms with Gasteiger partial charge in [-0.15, -0.1) is 0 Å². The molecule has 110 valence electrons. The van der Waals surface area contributed by atoms with Gasteiger partial charge in [0.15, 0.2) is 0 Å². The molecule has 0 saturated carbocycles. The summed E-state index contributed by atoms with van der Waals surface area (Å²) in [6.45, 7) is 1.66. The molecule has 0 aliphatic carbocycles. The molecular formula is C12H16ClN3O3S. The molecule has 0 bridgehead atoms. The summed E-state index contributed by atoms with van der Waals surface area (Å²) in [6.07, 6.45) is 2.50. The molecule has 0 spiro atoms. The van der Waals surface area contributed by atoms with Crippen molar-refractivity contribution in [3.05, 3.63) is 32.8 Å². The monoisotopic (exact) mass is 317 g/mol. The number of hydrogen-bond acceptors (Lipinski definition) is 5. The van der Waals surface area contributed by atoms with Gasteiger partial charge in [0, 0.05) is 11.8 Å². The van der Waals surface area contributed by atoms with Gasteiger partial charge in [-0.25, -0.2) is 0 Å². The Bertz CT molecular complexity index is 525. The number of carbonyl (C=O) groups is 1. The number of nitro groups is 1. The number of amides is 1. The zero-order valence-corrected chi connectivity index (χ0v) is 12.8. The first kappa shape index (κ1) is 16.7. The van der Waals surface area contributed by atoms with Crippen LogP contribution in [0.2, 0.25) is 5.02 Å². The highest BCUT2D eigenvalue weighted by Crippen LogP contribution is 2.30. The normalized spacial score (nSPS) is 12.0. The van der Waals surface area contributed by atoms with Gasteiger partial charge in [0.05, 0.1) is 11.0 Å². The van der Waals surface area contributed by atoms with Crippen molar-refractivity contribution in [1.29, 1.82) is 0 Å². The molecule has 1 aromatic rings. The van der Waals surface area contributed by atoms with Crippen molar-refractivity contribution in [2.24, 2.45) is 5.73 Å². The Kier molecular flexibility index (Phi) is 6.25. The summed E-state index contributed by atoms with van der Waals surface area (Å²) >= 11 is 7.42. The highest BCUT2D eigenvalue weighted by atomic mass is 35.5. The molecule has 20 heavy (non-hydrogen) atoms. The molecule has 0 aliphatic heterocycles. The number of halogens is 1. The smallest absolute Gasteiger partial charge is 0.288 e. The van der Waals surface area contributed by atoms with E-state index in [1.54, 1.807) is 18.7 Å². The van der Waals surface area contributed by atoms with Crippen LogP contribution in [0.15, 0.2) is 12.1 Å². The summed E-state index contributed by atoms with van der Waals surface area (Å²) in [7, 11) is 0. The number of nitrogens with one attached hydrogen (secondary N) is 1. The number of nitro benzene ring substituents is 1. The van der Waals surface area contributed by atoms with E-state index in [4.69, 9.17) is 17.3 Å². The number of benzene rings is 1. The third kappa shape index (κ3) is 4.36. The third-order valence-corrected chi connectivity index (χ3v) is 3.66. The summed E-state index contributed by atoms with van der Waals surface area (Å²) in [4.78, 5) is 22.1. The quantitative estimate of drug-likeness (QED) is 0.620. The number of anilines is 1. The van der Waals surface area contributed by atoms with Gasteiger partial charge >= 0.3 is 0 Å². The average molecular weight is 318 g/mol. The van der Waals surface area contributed by atoms with Gasteiger partial charge in [-0.3, -0.25) is 14.9 Å². The fraction of sp³-hybridized carbons (Fsp3) is 0.417. The molecule has 6 nitrogen and oxygen atoms in total. The van der Waals surface area contributed by atoms with Crippen LogP contribution >= 0.6 is 23.4 Å². The number of carbonyl (C=O) groups excluding carboxylic acids is 1. The summed E-state index contributed by atoms with van der Waals surface area (Å²) < 4.78 is 0. The molecule has 1 aromatic carbocycles. The van der Waals surface area contributed by atoms with Crippen LogP contribution in [0.5, 0.6) is 0 Å². The standard InChI is InChI=1S/C12H16ClN3O3S/c1-7-5-11(16(18)19)8(13)6-10(7)15-12(17)9(14)3-4-20-2/h5-6,9H,3-4,14H2,1-2H3,(H,15,17)/t9-/m0/s1. The van der Waals surface area contributed by atoms with Crippen molar-refractivity contribution in [1.82, 2.24) is 0 Å². The van der Waals surface area contributed by atoms with Crippen molar-refractivity contribution in [2.45, 2.75) is 19.4 Å². The maximum atomic E-state index is 11.9. The minimum atomic E-state index is -0.615. The van der Waals surface area contributed by atoms with E-state index < -0.39 is 11.0 Å². The first-order valence-corrected chi connectivity index (χ1v) is 7.64. The molecule has 1 amide bonds. The molecule has 0 radical (unpaired) electrons. The Hall–Kier alpha value is -1.31. The van der Waals surface area contributed by atoms with E-state index in [0.29, 0.717) is 17.7 Å². The number of aryl methyl sites for hydroxylation is 1. The first-order valence-electron chi connectivity index (χ1n) is 5.86. The van der Waals surface area contributed by atoms with Crippen LogP contribution < -0.4 is 11.1 Å². The Morgan fingerprint density at radius 1 is 1.60 bits per heavy atom. The fourth-order valence-corrected chi connectivity index (χ4v) is 2.26. The molecule has 3 N–H and O–H groups in total. The van der Waals surface area contributed by atoms with Gasteiger partial charge in [-0.2, -0.15) is 11.8 Å². The zero-order valence-electron chi connectivity index (χ0n) is 11.2. The van der Waals surface area contributed by atoms with Crippen LogP contribution in [0.25, 0.3) is 0 Å². The summed E-state index contributed by atoms with van der Waals surface area (Å²) in [5.41, 5.74) is 6.56. The first-order chi connectivity index (χ1) is 9.36. The molecule has 0 saturated heterocycles. The van der Waals surface area contributed by atoms with Crippen LogP contribution in [0.4, 0.5) is 11.4 Å². The molecular weight excluding hydrogens is 302 g/mol. The highest BCUT2D eigenvalue weighted by molar-refractivity contribution is 7.98. The Morgan fingerprint density at radius 3 is 2.80 bits per heavy atom. The van der Waals surface area contributed by atoms with Crippen LogP contribution in [0.1, 0.15) is 12.0 Å². The molecule has 1 atom stereocenters. The Morgan fingerprint density at radius 2 is 2.25 bits per heavy atom. The van der Waals surface area contributed by atoms with E-state index in [-0.39, 0.29) is 16.6 Å². The third-order valence-electron chi connectivity index (χ3n) is 2.72. The number of hydrogen-bond donors (Lipinski definition) is 2. The van der Waals surface area contributed by atoms with Crippen molar-refractivity contribution >= 4 is 40.6 Å². The van der Waals surface area contributed by atoms with Crippen molar-refractivity contribution in [3.8, 4) is 0 Å². The lowest BCUT2D eigenvalue weighted by molar-refractivity contribution is -0.384. The highest BCUT2D eigenvalue weighted by Gasteiger charge is 2.18. The number of nitrogens with two attached hydrogens (primary N) is 1. The van der Waals surface area contributed by atoms with Gasteiger partial charge in [0.25, 0.3) is 5.69 Å². The number of thioether (sulfide) groups is 1. The summed E-state index contributed by atoms with van der Waals surface area (Å²) in [5, 5.41) is 13.4. The molecule has 0 fully saturated rings. The minimum absolute atomic E-state index is 0.0198. The van der Waals surface area contributed by atoms with Gasteiger partial charge in [0.2, 0.25) is 5.91 Å². The second kappa shape index (κ2) is 7.47. The lowest BCUT2D eigenvalue weighted by Gasteiger charge is -2.13. The lowest BCUT2D eigenvalue weighted by atomic mass is 10.1. The van der Waals surface area contributed by atoms with Gasteiger partial charge in [-0.1, -0.05) is 11.6 Å². The lowest BCUT2D eigenvalue weighted by Crippen LogP contribution is -2.36.